The maximum Gasteiger partial charge on any atom is 0.272 e. The molecule has 1 saturated heterocycles. The van der Waals surface area contributed by atoms with Gasteiger partial charge in [0.2, 0.25) is 0 Å². The second kappa shape index (κ2) is 5.30. The van der Waals surface area contributed by atoms with E-state index < -0.39 is 0 Å². The SMILES string of the molecule is CC(NC(=O)c1ccc(=O)n(C)n1)C1CCCO1. The van der Waals surface area contributed by atoms with E-state index in [0.29, 0.717) is 0 Å². The maximum absolute atomic E-state index is 11.9. The molecule has 18 heavy (non-hydrogen) atoms. The van der Waals surface area contributed by atoms with Crippen molar-refractivity contribution in [1.29, 1.82) is 0 Å². The van der Waals surface area contributed by atoms with Crippen LogP contribution in [0.3, 0.4) is 0 Å². The van der Waals surface area contributed by atoms with Gasteiger partial charge in [0.15, 0.2) is 0 Å². The van der Waals surface area contributed by atoms with Crippen molar-refractivity contribution in [3.63, 3.8) is 0 Å². The fourth-order valence-electron chi connectivity index (χ4n) is 1.99. The first-order chi connectivity index (χ1) is 8.58. The lowest BCUT2D eigenvalue weighted by Crippen LogP contribution is -2.41. The Morgan fingerprint density at radius 3 is 3.00 bits per heavy atom. The monoisotopic (exact) mass is 251 g/mol. The second-order valence-corrected chi connectivity index (χ2v) is 4.49. The van der Waals surface area contributed by atoms with Crippen molar-refractivity contribution in [3.8, 4) is 0 Å². The van der Waals surface area contributed by atoms with Gasteiger partial charge in [-0.1, -0.05) is 0 Å². The first-order valence-corrected chi connectivity index (χ1v) is 6.05. The molecule has 0 aromatic carbocycles. The lowest BCUT2D eigenvalue weighted by molar-refractivity contribution is 0.0708. The van der Waals surface area contributed by atoms with E-state index in [1.807, 2.05) is 6.92 Å². The molecule has 6 nitrogen and oxygen atoms in total. The van der Waals surface area contributed by atoms with Gasteiger partial charge in [-0.2, -0.15) is 5.10 Å². The Balaban J connectivity index is 2.02. The molecule has 1 amide bonds. The molecule has 1 aromatic rings. The van der Waals surface area contributed by atoms with Crippen LogP contribution in [-0.4, -0.2) is 34.4 Å². The minimum absolute atomic E-state index is 0.0564. The van der Waals surface area contributed by atoms with Crippen LogP contribution in [0.2, 0.25) is 0 Å². The summed E-state index contributed by atoms with van der Waals surface area (Å²) in [7, 11) is 1.52. The molecule has 2 unspecified atom stereocenters. The number of aromatic nitrogens is 2. The number of hydrogen-bond acceptors (Lipinski definition) is 4. The van der Waals surface area contributed by atoms with Gasteiger partial charge in [0.25, 0.3) is 11.5 Å². The molecule has 0 saturated carbocycles. The van der Waals surface area contributed by atoms with E-state index >= 15 is 0 Å². The number of carbonyl (C=O) groups is 1. The van der Waals surface area contributed by atoms with Crippen molar-refractivity contribution in [3.05, 3.63) is 28.2 Å². The van der Waals surface area contributed by atoms with Gasteiger partial charge in [-0.25, -0.2) is 4.68 Å². The summed E-state index contributed by atoms with van der Waals surface area (Å²) in [6.45, 7) is 2.67. The fraction of sp³-hybridized carbons (Fsp3) is 0.583. The maximum atomic E-state index is 11.9. The van der Waals surface area contributed by atoms with Gasteiger partial charge in [0, 0.05) is 19.7 Å². The van der Waals surface area contributed by atoms with Crippen LogP contribution in [0.25, 0.3) is 0 Å². The van der Waals surface area contributed by atoms with Gasteiger partial charge in [0.05, 0.1) is 12.1 Å². The Morgan fingerprint density at radius 1 is 1.61 bits per heavy atom. The van der Waals surface area contributed by atoms with Crippen molar-refractivity contribution >= 4 is 5.91 Å². The number of amides is 1. The summed E-state index contributed by atoms with van der Waals surface area (Å²) in [5, 5.41) is 6.75. The molecule has 1 fully saturated rings. The summed E-state index contributed by atoms with van der Waals surface area (Å²) in [4.78, 5) is 23.1. The smallest absolute Gasteiger partial charge is 0.272 e. The third-order valence-electron chi connectivity index (χ3n) is 3.07. The molecule has 6 heteroatoms. The van der Waals surface area contributed by atoms with Crippen LogP contribution in [0, 0.1) is 0 Å². The quantitative estimate of drug-likeness (QED) is 0.825. The number of aryl methyl sites for hydroxylation is 1. The largest absolute Gasteiger partial charge is 0.376 e. The molecule has 2 heterocycles. The van der Waals surface area contributed by atoms with Crippen molar-refractivity contribution < 1.29 is 9.53 Å². The number of nitrogens with zero attached hydrogens (tertiary/aromatic N) is 2. The van der Waals surface area contributed by atoms with Crippen molar-refractivity contribution in [2.45, 2.75) is 31.9 Å². The van der Waals surface area contributed by atoms with Gasteiger partial charge in [-0.15, -0.1) is 0 Å². The molecule has 2 atom stereocenters. The molecule has 2 rings (SSSR count). The highest BCUT2D eigenvalue weighted by atomic mass is 16.5. The van der Waals surface area contributed by atoms with E-state index in [9.17, 15) is 9.59 Å². The van der Waals surface area contributed by atoms with E-state index in [1.54, 1.807) is 0 Å². The summed E-state index contributed by atoms with van der Waals surface area (Å²) in [5.41, 5.74) is 0.000622. The van der Waals surface area contributed by atoms with Crippen LogP contribution in [0.1, 0.15) is 30.3 Å². The van der Waals surface area contributed by atoms with Gasteiger partial charge in [0.1, 0.15) is 5.69 Å². The first kappa shape index (κ1) is 12.8. The molecule has 0 spiro atoms. The highest BCUT2D eigenvalue weighted by molar-refractivity contribution is 5.92. The van der Waals surface area contributed by atoms with Crippen LogP contribution in [-0.2, 0) is 11.8 Å². The topological polar surface area (TPSA) is 73.2 Å². The summed E-state index contributed by atoms with van der Waals surface area (Å²) >= 11 is 0. The Kier molecular flexibility index (Phi) is 3.76. The van der Waals surface area contributed by atoms with E-state index in [-0.39, 0.29) is 29.3 Å². The zero-order valence-electron chi connectivity index (χ0n) is 10.5. The number of carbonyl (C=O) groups excluding carboxylic acids is 1. The predicted octanol–water partition coefficient (Wildman–Crippen LogP) is 0.0776. The molecule has 0 bridgehead atoms. The average molecular weight is 251 g/mol. The number of ether oxygens (including phenoxy) is 1. The summed E-state index contributed by atoms with van der Waals surface area (Å²) in [6.07, 6.45) is 2.06. The van der Waals surface area contributed by atoms with Gasteiger partial charge in [-0.3, -0.25) is 9.59 Å². The minimum Gasteiger partial charge on any atom is -0.376 e. The van der Waals surface area contributed by atoms with Gasteiger partial charge in [-0.05, 0) is 25.8 Å². The molecule has 0 aliphatic carbocycles. The lowest BCUT2D eigenvalue weighted by atomic mass is 10.1. The van der Waals surface area contributed by atoms with E-state index in [2.05, 4.69) is 10.4 Å². The molecule has 0 radical (unpaired) electrons. The standard InChI is InChI=1S/C12H17N3O3/c1-8(10-4-3-7-18-10)13-12(17)9-5-6-11(16)15(2)14-9/h5-6,8,10H,3-4,7H2,1-2H3,(H,13,17). The third-order valence-corrected chi connectivity index (χ3v) is 3.07. The Morgan fingerprint density at radius 2 is 2.39 bits per heavy atom. The first-order valence-electron chi connectivity index (χ1n) is 6.05. The van der Waals surface area contributed by atoms with E-state index in [1.165, 1.54) is 19.2 Å². The van der Waals surface area contributed by atoms with E-state index in [0.717, 1.165) is 24.1 Å². The summed E-state index contributed by atoms with van der Waals surface area (Å²) < 4.78 is 6.65. The van der Waals surface area contributed by atoms with Crippen molar-refractivity contribution in [2.24, 2.45) is 7.05 Å². The normalized spacial score (nSPS) is 20.7. The lowest BCUT2D eigenvalue weighted by Gasteiger charge is -2.19. The van der Waals surface area contributed by atoms with Gasteiger partial charge < -0.3 is 10.1 Å². The minimum atomic E-state index is -0.284. The molecule has 98 valence electrons. The number of nitrogens with one attached hydrogen (secondary N) is 1. The second-order valence-electron chi connectivity index (χ2n) is 4.49. The van der Waals surface area contributed by atoms with Crippen molar-refractivity contribution in [2.75, 3.05) is 6.61 Å². The predicted molar refractivity (Wildman–Crippen MR) is 65.4 cm³/mol. The zero-order valence-corrected chi connectivity index (χ0v) is 10.5. The Hall–Kier alpha value is -1.69. The van der Waals surface area contributed by atoms with Crippen LogP contribution >= 0.6 is 0 Å². The van der Waals surface area contributed by atoms with Crippen LogP contribution in [0.4, 0.5) is 0 Å². The third kappa shape index (κ3) is 2.76. The molecule has 1 aromatic heterocycles. The fourth-order valence-corrected chi connectivity index (χ4v) is 1.99. The molecule has 1 N–H and O–H groups in total. The molecule has 1 aliphatic heterocycles. The Labute approximate surface area is 105 Å². The molecule has 1 aliphatic rings. The highest BCUT2D eigenvalue weighted by Gasteiger charge is 2.24. The molecular weight excluding hydrogens is 234 g/mol. The Bertz CT molecular complexity index is 492. The zero-order chi connectivity index (χ0) is 13.1. The molecular formula is C12H17N3O3. The number of rotatable bonds is 3. The van der Waals surface area contributed by atoms with Crippen LogP contribution in [0.5, 0.6) is 0 Å². The summed E-state index contributed by atoms with van der Waals surface area (Å²) in [6, 6.07) is 2.71. The van der Waals surface area contributed by atoms with Crippen LogP contribution < -0.4 is 10.9 Å². The average Bonchev–Trinajstić information content (AvgIpc) is 2.86. The van der Waals surface area contributed by atoms with Gasteiger partial charge >= 0.3 is 0 Å². The number of hydrogen-bond donors (Lipinski definition) is 1. The van der Waals surface area contributed by atoms with Crippen molar-refractivity contribution in [1.82, 2.24) is 15.1 Å². The summed E-state index contributed by atoms with van der Waals surface area (Å²) in [5.74, 6) is -0.284. The van der Waals surface area contributed by atoms with E-state index in [4.69, 9.17) is 4.74 Å². The van der Waals surface area contributed by atoms with Crippen LogP contribution in [0.15, 0.2) is 16.9 Å². The highest BCUT2D eigenvalue weighted by Crippen LogP contribution is 2.15.